The fourth-order valence-electron chi connectivity index (χ4n) is 3.79. The summed E-state index contributed by atoms with van der Waals surface area (Å²) in [5.74, 6) is 1.11. The van der Waals surface area contributed by atoms with Gasteiger partial charge in [0.25, 0.3) is 0 Å². The van der Waals surface area contributed by atoms with Crippen molar-refractivity contribution in [2.24, 2.45) is 0 Å². The van der Waals surface area contributed by atoms with E-state index in [2.05, 4.69) is 20.6 Å². The molecule has 5 rings (SSSR count). The number of hydrogen-bond acceptors (Lipinski definition) is 7. The fourth-order valence-corrected chi connectivity index (χ4v) is 5.35. The van der Waals surface area contributed by atoms with E-state index >= 15 is 0 Å². The molecule has 0 radical (unpaired) electrons. The van der Waals surface area contributed by atoms with Crippen LogP contribution in [0.15, 0.2) is 76.7 Å². The van der Waals surface area contributed by atoms with Crippen LogP contribution < -0.4 is 10.1 Å². The molecule has 2 heterocycles. The van der Waals surface area contributed by atoms with Crippen LogP contribution in [0.2, 0.25) is 0 Å². The number of aromatic nitrogens is 4. The molecule has 0 saturated heterocycles. The van der Waals surface area contributed by atoms with Gasteiger partial charge in [-0.1, -0.05) is 41.6 Å². The Morgan fingerprint density at radius 3 is 2.55 bits per heavy atom. The van der Waals surface area contributed by atoms with Crippen LogP contribution in [0.4, 0.5) is 11.5 Å². The van der Waals surface area contributed by atoms with Crippen LogP contribution >= 0.6 is 0 Å². The molecule has 2 aromatic heterocycles. The number of methoxy groups -OCH3 is 1. The summed E-state index contributed by atoms with van der Waals surface area (Å²) >= 11 is 0. The molecule has 0 saturated carbocycles. The smallest absolute Gasteiger partial charge is 0.229 e. The number of rotatable bonds is 5. The van der Waals surface area contributed by atoms with Crippen molar-refractivity contribution in [1.82, 2.24) is 19.8 Å². The molecule has 0 atom stereocenters. The van der Waals surface area contributed by atoms with E-state index in [1.807, 2.05) is 61.5 Å². The van der Waals surface area contributed by atoms with Crippen molar-refractivity contribution in [1.29, 1.82) is 0 Å². The lowest BCUT2D eigenvalue weighted by atomic mass is 10.2. The number of aryl methyl sites for hydroxylation is 2. The van der Waals surface area contributed by atoms with Crippen molar-refractivity contribution in [2.45, 2.75) is 23.8 Å². The molecule has 8 nitrogen and oxygen atoms in total. The molecule has 33 heavy (non-hydrogen) atoms. The van der Waals surface area contributed by atoms with Gasteiger partial charge in [0.05, 0.1) is 23.2 Å². The van der Waals surface area contributed by atoms with Crippen molar-refractivity contribution >= 4 is 37.9 Å². The Hall–Kier alpha value is -3.98. The Morgan fingerprint density at radius 1 is 0.970 bits per heavy atom. The van der Waals surface area contributed by atoms with Gasteiger partial charge in [-0.25, -0.2) is 13.4 Å². The van der Waals surface area contributed by atoms with Gasteiger partial charge >= 0.3 is 0 Å². The lowest BCUT2D eigenvalue weighted by molar-refractivity contribution is 0.417. The highest BCUT2D eigenvalue weighted by atomic mass is 32.2. The third-order valence-corrected chi connectivity index (χ3v) is 7.26. The van der Waals surface area contributed by atoms with E-state index in [1.165, 1.54) is 4.52 Å². The Kier molecular flexibility index (Phi) is 4.98. The molecule has 0 bridgehead atoms. The van der Waals surface area contributed by atoms with Gasteiger partial charge in [-0.2, -0.15) is 4.52 Å². The Bertz CT molecular complexity index is 1630. The molecule has 1 N–H and O–H groups in total. The molecule has 5 aromatic rings. The average molecular weight is 460 g/mol. The number of benzene rings is 3. The second-order valence-corrected chi connectivity index (χ2v) is 9.54. The highest BCUT2D eigenvalue weighted by molar-refractivity contribution is 7.91. The topological polar surface area (TPSA) is 98.5 Å². The molecule has 0 fully saturated rings. The molecule has 166 valence electrons. The summed E-state index contributed by atoms with van der Waals surface area (Å²) in [4.78, 5) is 4.86. The van der Waals surface area contributed by atoms with Gasteiger partial charge in [-0.05, 0) is 55.3 Å². The minimum absolute atomic E-state index is 0.145. The monoisotopic (exact) mass is 459 g/mol. The standard InChI is InChI=1S/C24H21N5O3S/c1-15-12-13-16(2)21(14-15)33(30,31)24-23-26-22(25-18-9-5-7-11-20(18)32-3)17-8-4-6-10-19(17)29(23)28-27-24/h4-14H,1-3H3,(H,25,26). The van der Waals surface area contributed by atoms with Crippen molar-refractivity contribution < 1.29 is 13.2 Å². The van der Waals surface area contributed by atoms with Crippen LogP contribution in [0.1, 0.15) is 11.1 Å². The molecule has 0 aliphatic heterocycles. The lowest BCUT2D eigenvalue weighted by Crippen LogP contribution is -2.07. The fraction of sp³-hybridized carbons (Fsp3) is 0.125. The van der Waals surface area contributed by atoms with Crippen molar-refractivity contribution in [2.75, 3.05) is 12.4 Å². The number of ether oxygens (including phenoxy) is 1. The van der Waals surface area contributed by atoms with E-state index in [9.17, 15) is 8.42 Å². The van der Waals surface area contributed by atoms with Gasteiger partial charge in [0.1, 0.15) is 11.6 Å². The van der Waals surface area contributed by atoms with E-state index in [0.29, 0.717) is 28.3 Å². The van der Waals surface area contributed by atoms with Crippen molar-refractivity contribution in [3.63, 3.8) is 0 Å². The minimum Gasteiger partial charge on any atom is -0.495 e. The zero-order valence-electron chi connectivity index (χ0n) is 18.3. The predicted octanol–water partition coefficient (Wildman–Crippen LogP) is 4.48. The third-order valence-electron chi connectivity index (χ3n) is 5.47. The quantitative estimate of drug-likeness (QED) is 0.414. The van der Waals surface area contributed by atoms with Gasteiger partial charge in [-0.3, -0.25) is 0 Å². The molecule has 0 aliphatic rings. The SMILES string of the molecule is COc1ccccc1Nc1nc2c(S(=O)(=O)c3cc(C)ccc3C)nnn2c2ccccc12. The first-order valence-corrected chi connectivity index (χ1v) is 11.7. The van der Waals surface area contributed by atoms with Gasteiger partial charge < -0.3 is 10.1 Å². The Labute approximate surface area is 190 Å². The van der Waals surface area contributed by atoms with Gasteiger partial charge in [0.15, 0.2) is 5.65 Å². The summed E-state index contributed by atoms with van der Waals surface area (Å²) < 4.78 is 34.1. The van der Waals surface area contributed by atoms with Crippen LogP contribution in [-0.4, -0.2) is 35.3 Å². The van der Waals surface area contributed by atoms with Crippen LogP contribution in [0, 0.1) is 13.8 Å². The van der Waals surface area contributed by atoms with Crippen LogP contribution in [0.5, 0.6) is 5.75 Å². The molecular formula is C24H21N5O3S. The van der Waals surface area contributed by atoms with Crippen molar-refractivity contribution in [3.05, 3.63) is 77.9 Å². The zero-order valence-corrected chi connectivity index (χ0v) is 19.1. The molecule has 9 heteroatoms. The average Bonchev–Trinajstić information content (AvgIpc) is 3.26. The van der Waals surface area contributed by atoms with Crippen molar-refractivity contribution in [3.8, 4) is 5.75 Å². The lowest BCUT2D eigenvalue weighted by Gasteiger charge is -2.13. The number of nitrogens with zero attached hydrogens (tertiary/aromatic N) is 4. The minimum atomic E-state index is -3.96. The van der Waals surface area contributed by atoms with E-state index in [1.54, 1.807) is 26.2 Å². The molecule has 0 amide bonds. The second-order valence-electron chi connectivity index (χ2n) is 7.71. The highest BCUT2D eigenvalue weighted by Gasteiger charge is 2.28. The number of fused-ring (bicyclic) bond motifs is 3. The number of anilines is 2. The summed E-state index contributed by atoms with van der Waals surface area (Å²) in [5.41, 5.74) is 3.00. The normalized spacial score (nSPS) is 11.7. The number of hydrogen-bond donors (Lipinski definition) is 1. The highest BCUT2D eigenvalue weighted by Crippen LogP contribution is 2.33. The maximum atomic E-state index is 13.6. The Balaban J connectivity index is 1.76. The van der Waals surface area contributed by atoms with Gasteiger partial charge in [0.2, 0.25) is 14.9 Å². The van der Waals surface area contributed by atoms with Crippen LogP contribution in [0.3, 0.4) is 0 Å². The van der Waals surface area contributed by atoms with Gasteiger partial charge in [-0.15, -0.1) is 5.10 Å². The van der Waals surface area contributed by atoms with Crippen LogP contribution in [0.25, 0.3) is 16.6 Å². The maximum absolute atomic E-state index is 13.6. The molecular weight excluding hydrogens is 438 g/mol. The second kappa shape index (κ2) is 7.86. The Morgan fingerprint density at radius 2 is 1.73 bits per heavy atom. The molecule has 3 aromatic carbocycles. The number of nitrogens with one attached hydrogen (secondary N) is 1. The third kappa shape index (κ3) is 3.46. The summed E-state index contributed by atoms with van der Waals surface area (Å²) in [6.07, 6.45) is 0. The summed E-state index contributed by atoms with van der Waals surface area (Å²) in [5, 5.41) is 12.1. The molecule has 0 unspecified atom stereocenters. The van der Waals surface area contributed by atoms with E-state index in [0.717, 1.165) is 10.9 Å². The zero-order chi connectivity index (χ0) is 23.2. The number of sulfone groups is 1. The maximum Gasteiger partial charge on any atom is 0.229 e. The summed E-state index contributed by atoms with van der Waals surface area (Å²) in [7, 11) is -2.37. The van der Waals surface area contributed by atoms with E-state index < -0.39 is 9.84 Å². The van der Waals surface area contributed by atoms with E-state index in [-0.39, 0.29) is 15.6 Å². The first kappa shape index (κ1) is 20.9. The van der Waals surface area contributed by atoms with Crippen LogP contribution in [-0.2, 0) is 9.84 Å². The van der Waals surface area contributed by atoms with E-state index in [4.69, 9.17) is 4.74 Å². The molecule has 0 aliphatic carbocycles. The largest absolute Gasteiger partial charge is 0.495 e. The summed E-state index contributed by atoms with van der Waals surface area (Å²) in [6, 6.07) is 20.2. The number of para-hydroxylation sites is 3. The molecule has 0 spiro atoms. The first-order chi connectivity index (χ1) is 15.9. The first-order valence-electron chi connectivity index (χ1n) is 10.3. The predicted molar refractivity (Wildman–Crippen MR) is 126 cm³/mol. The summed E-state index contributed by atoms with van der Waals surface area (Å²) in [6.45, 7) is 3.61. The van der Waals surface area contributed by atoms with Gasteiger partial charge in [0, 0.05) is 5.39 Å².